The highest BCUT2D eigenvalue weighted by Crippen LogP contribution is 2.39. The van der Waals surface area contributed by atoms with Gasteiger partial charge in [-0.1, -0.05) is 13.8 Å². The second kappa shape index (κ2) is 9.96. The van der Waals surface area contributed by atoms with Gasteiger partial charge in [0.25, 0.3) is 0 Å². The van der Waals surface area contributed by atoms with E-state index in [4.69, 9.17) is 4.74 Å². The van der Waals surface area contributed by atoms with Gasteiger partial charge in [-0.2, -0.15) is 0 Å². The molecule has 0 bridgehead atoms. The molecule has 2 aromatic heterocycles. The quantitative estimate of drug-likeness (QED) is 0.472. The summed E-state index contributed by atoms with van der Waals surface area (Å²) in [6.45, 7) is 5.65. The number of nitrogens with zero attached hydrogens (tertiary/aromatic N) is 2. The number of carbonyl (C=O) groups is 1. The first kappa shape index (κ1) is 21.4. The van der Waals surface area contributed by atoms with Gasteiger partial charge in [-0.25, -0.2) is 4.98 Å². The minimum Gasteiger partial charge on any atom is -0.392 e. The lowest BCUT2D eigenvalue weighted by Crippen LogP contribution is -2.37. The summed E-state index contributed by atoms with van der Waals surface area (Å²) in [4.78, 5) is 24.5. The summed E-state index contributed by atoms with van der Waals surface area (Å²) in [5, 5.41) is 17.4. The first-order valence-electron chi connectivity index (χ1n) is 10.1. The molecule has 1 fully saturated rings. The van der Waals surface area contributed by atoms with Crippen molar-refractivity contribution in [2.75, 3.05) is 20.3 Å². The molecule has 0 aromatic carbocycles. The maximum atomic E-state index is 12.7. The standard InChI is InChI=1S/C21H31N5O3/c1-13(2)20-25-12-17(26-20)18-16(24-11-14-4-6-22-7-5-14)10-15(19(18)27)21(28)23-8-9-29-3/h4-7,12-13,15-16,18-19,24,27H,8-11H2,1-3H3,(H,23,28)(H,25,26)/t15-,16+,18+,19+/m0/s1. The number of carbonyl (C=O) groups excluding carboxylic acids is 1. The first-order chi connectivity index (χ1) is 14.0. The minimum atomic E-state index is -0.798. The van der Waals surface area contributed by atoms with E-state index in [0.29, 0.717) is 26.1 Å². The Morgan fingerprint density at radius 2 is 2.14 bits per heavy atom. The Hall–Kier alpha value is -2.29. The van der Waals surface area contributed by atoms with Crippen molar-refractivity contribution in [2.45, 2.75) is 50.8 Å². The highest BCUT2D eigenvalue weighted by atomic mass is 16.5. The van der Waals surface area contributed by atoms with E-state index >= 15 is 0 Å². The predicted molar refractivity (Wildman–Crippen MR) is 109 cm³/mol. The van der Waals surface area contributed by atoms with Crippen molar-refractivity contribution < 1.29 is 14.6 Å². The fraction of sp³-hybridized carbons (Fsp3) is 0.571. The Morgan fingerprint density at radius 1 is 1.38 bits per heavy atom. The summed E-state index contributed by atoms with van der Waals surface area (Å²) in [6, 6.07) is 3.85. The Kier molecular flexibility index (Phi) is 7.35. The van der Waals surface area contributed by atoms with Gasteiger partial charge in [0.1, 0.15) is 5.82 Å². The van der Waals surface area contributed by atoms with Crippen LogP contribution in [0.4, 0.5) is 0 Å². The molecule has 0 aliphatic heterocycles. The van der Waals surface area contributed by atoms with Crippen molar-refractivity contribution in [3.05, 3.63) is 47.8 Å². The van der Waals surface area contributed by atoms with Crippen molar-refractivity contribution in [1.29, 1.82) is 0 Å². The van der Waals surface area contributed by atoms with E-state index in [1.807, 2.05) is 12.1 Å². The number of methoxy groups -OCH3 is 1. The van der Waals surface area contributed by atoms with Crippen molar-refractivity contribution in [3.8, 4) is 0 Å². The third-order valence-corrected chi connectivity index (χ3v) is 5.50. The zero-order valence-corrected chi connectivity index (χ0v) is 17.3. The number of aliphatic hydroxyl groups is 1. The molecule has 4 N–H and O–H groups in total. The number of ether oxygens (including phenoxy) is 1. The highest BCUT2D eigenvalue weighted by Gasteiger charge is 2.47. The zero-order valence-electron chi connectivity index (χ0n) is 17.3. The number of rotatable bonds is 9. The number of nitrogens with one attached hydrogen (secondary N) is 3. The Morgan fingerprint density at radius 3 is 2.79 bits per heavy atom. The molecule has 158 valence electrons. The van der Waals surface area contributed by atoms with E-state index in [0.717, 1.165) is 17.1 Å². The van der Waals surface area contributed by atoms with Gasteiger partial charge in [0, 0.05) is 62.4 Å². The summed E-state index contributed by atoms with van der Waals surface area (Å²) < 4.78 is 5.00. The molecule has 4 atom stereocenters. The van der Waals surface area contributed by atoms with E-state index in [1.165, 1.54) is 0 Å². The van der Waals surface area contributed by atoms with E-state index in [-0.39, 0.29) is 23.8 Å². The molecule has 3 rings (SSSR count). The van der Waals surface area contributed by atoms with Crippen LogP contribution in [0.25, 0.3) is 0 Å². The van der Waals surface area contributed by atoms with Gasteiger partial charge < -0.3 is 25.5 Å². The van der Waals surface area contributed by atoms with E-state index in [2.05, 4.69) is 39.4 Å². The molecule has 1 amide bonds. The molecule has 2 heterocycles. The molecule has 8 heteroatoms. The van der Waals surface area contributed by atoms with Gasteiger partial charge >= 0.3 is 0 Å². The van der Waals surface area contributed by atoms with Gasteiger partial charge in [0.15, 0.2) is 0 Å². The molecular formula is C21H31N5O3. The van der Waals surface area contributed by atoms with Crippen molar-refractivity contribution >= 4 is 5.91 Å². The normalized spacial score (nSPS) is 24.2. The van der Waals surface area contributed by atoms with Gasteiger partial charge in [0.2, 0.25) is 5.91 Å². The van der Waals surface area contributed by atoms with Crippen LogP contribution in [-0.2, 0) is 16.1 Å². The second-order valence-corrected chi connectivity index (χ2v) is 7.86. The molecule has 1 saturated carbocycles. The Balaban J connectivity index is 1.76. The number of hydrogen-bond acceptors (Lipinski definition) is 6. The number of aromatic nitrogens is 3. The van der Waals surface area contributed by atoms with Crippen LogP contribution < -0.4 is 10.6 Å². The first-order valence-corrected chi connectivity index (χ1v) is 10.1. The largest absolute Gasteiger partial charge is 0.392 e. The van der Waals surface area contributed by atoms with Crippen LogP contribution in [0.3, 0.4) is 0 Å². The molecule has 2 aromatic rings. The Labute approximate surface area is 171 Å². The van der Waals surface area contributed by atoms with Crippen LogP contribution >= 0.6 is 0 Å². The second-order valence-electron chi connectivity index (χ2n) is 7.86. The molecule has 8 nitrogen and oxygen atoms in total. The average Bonchev–Trinajstić information content (AvgIpc) is 3.32. The van der Waals surface area contributed by atoms with Crippen LogP contribution in [0.5, 0.6) is 0 Å². The third-order valence-electron chi connectivity index (χ3n) is 5.50. The van der Waals surface area contributed by atoms with Crippen LogP contribution in [0.15, 0.2) is 30.7 Å². The smallest absolute Gasteiger partial charge is 0.225 e. The molecule has 1 aliphatic rings. The van der Waals surface area contributed by atoms with E-state index in [1.54, 1.807) is 25.7 Å². The summed E-state index contributed by atoms with van der Waals surface area (Å²) >= 11 is 0. The number of imidazole rings is 1. The van der Waals surface area contributed by atoms with Crippen molar-refractivity contribution in [2.24, 2.45) is 5.92 Å². The van der Waals surface area contributed by atoms with Crippen LogP contribution in [0.1, 0.15) is 49.2 Å². The van der Waals surface area contributed by atoms with Crippen LogP contribution in [-0.4, -0.2) is 58.4 Å². The van der Waals surface area contributed by atoms with Crippen molar-refractivity contribution in [3.63, 3.8) is 0 Å². The molecule has 0 saturated heterocycles. The number of aromatic amines is 1. The SMILES string of the molecule is COCCNC(=O)[C@H]1C[C@@H](NCc2ccncc2)[C@H](c2cnc(C(C)C)[nH]2)[C@@H]1O. The number of amides is 1. The topological polar surface area (TPSA) is 112 Å². The fourth-order valence-electron chi connectivity index (χ4n) is 3.89. The van der Waals surface area contributed by atoms with Crippen LogP contribution in [0, 0.1) is 5.92 Å². The maximum absolute atomic E-state index is 12.7. The van der Waals surface area contributed by atoms with E-state index < -0.39 is 12.0 Å². The number of hydrogen-bond donors (Lipinski definition) is 4. The monoisotopic (exact) mass is 401 g/mol. The predicted octanol–water partition coefficient (Wildman–Crippen LogP) is 1.31. The minimum absolute atomic E-state index is 0.0585. The lowest BCUT2D eigenvalue weighted by Gasteiger charge is -2.22. The molecular weight excluding hydrogens is 370 g/mol. The number of pyridine rings is 1. The van der Waals surface area contributed by atoms with Gasteiger partial charge in [0.05, 0.1) is 18.6 Å². The number of H-pyrrole nitrogens is 1. The van der Waals surface area contributed by atoms with Crippen LogP contribution in [0.2, 0.25) is 0 Å². The summed E-state index contributed by atoms with van der Waals surface area (Å²) in [7, 11) is 1.59. The molecule has 0 radical (unpaired) electrons. The van der Waals surface area contributed by atoms with Gasteiger partial charge in [-0.3, -0.25) is 9.78 Å². The molecule has 29 heavy (non-hydrogen) atoms. The number of aliphatic hydroxyl groups excluding tert-OH is 1. The molecule has 0 spiro atoms. The maximum Gasteiger partial charge on any atom is 0.225 e. The zero-order chi connectivity index (χ0) is 20.8. The lowest BCUT2D eigenvalue weighted by atomic mass is 9.96. The van der Waals surface area contributed by atoms with E-state index in [9.17, 15) is 9.90 Å². The highest BCUT2D eigenvalue weighted by molar-refractivity contribution is 5.80. The summed E-state index contributed by atoms with van der Waals surface area (Å²) in [5.41, 5.74) is 1.97. The Bertz CT molecular complexity index is 780. The molecule has 1 aliphatic carbocycles. The van der Waals surface area contributed by atoms with Gasteiger partial charge in [-0.05, 0) is 24.1 Å². The lowest BCUT2D eigenvalue weighted by molar-refractivity contribution is -0.127. The van der Waals surface area contributed by atoms with Gasteiger partial charge in [-0.15, -0.1) is 0 Å². The fourth-order valence-corrected chi connectivity index (χ4v) is 3.89. The summed E-state index contributed by atoms with van der Waals surface area (Å²) in [5.74, 6) is 0.274. The average molecular weight is 402 g/mol. The van der Waals surface area contributed by atoms with Crippen molar-refractivity contribution in [1.82, 2.24) is 25.6 Å². The summed E-state index contributed by atoms with van der Waals surface area (Å²) in [6.07, 6.45) is 5.05. The molecule has 0 unspecified atom stereocenters. The third kappa shape index (κ3) is 5.20.